The van der Waals surface area contributed by atoms with Gasteiger partial charge in [0.15, 0.2) is 0 Å². The minimum absolute atomic E-state index is 0.0891. The largest absolute Gasteiger partial charge is 0.497 e. The Bertz CT molecular complexity index is 1110. The van der Waals surface area contributed by atoms with Crippen LogP contribution >= 0.6 is 0 Å². The fraction of sp³-hybridized carbons (Fsp3) is 0.261. The molecule has 0 aliphatic rings. The van der Waals surface area contributed by atoms with Crippen molar-refractivity contribution >= 4 is 11.9 Å². The fourth-order valence-electron chi connectivity index (χ4n) is 3.25. The summed E-state index contributed by atoms with van der Waals surface area (Å²) in [5.74, 6) is -0.390. The molecule has 0 fully saturated rings. The zero-order valence-electron chi connectivity index (χ0n) is 18.3. The normalized spacial score (nSPS) is 10.5. The molecule has 1 aromatic heterocycles. The van der Waals surface area contributed by atoms with E-state index in [1.54, 1.807) is 43.3 Å². The number of methoxy groups -OCH3 is 3. The van der Waals surface area contributed by atoms with Crippen LogP contribution in [0, 0.1) is 12.7 Å². The summed E-state index contributed by atoms with van der Waals surface area (Å²) < 4.78 is 30.9. The van der Waals surface area contributed by atoms with Crippen molar-refractivity contribution in [1.29, 1.82) is 0 Å². The second kappa shape index (κ2) is 9.95. The molecule has 0 spiro atoms. The Morgan fingerprint density at radius 3 is 2.31 bits per heavy atom. The topological polar surface area (TPSA) is 82.9 Å². The van der Waals surface area contributed by atoms with Gasteiger partial charge in [-0.2, -0.15) is 5.10 Å². The molecule has 0 bridgehead atoms. The SMILES string of the molecule is COC(=O)CN(Cc1cc(OC)cc(OC)c1)C(=O)c1cnn(-c2ccccc2F)c1C. The summed E-state index contributed by atoms with van der Waals surface area (Å²) in [6.45, 7) is 1.47. The number of ether oxygens (including phenoxy) is 3. The number of aromatic nitrogens is 2. The number of amides is 1. The molecule has 0 radical (unpaired) electrons. The zero-order chi connectivity index (χ0) is 23.3. The average molecular weight is 441 g/mol. The molecular weight excluding hydrogens is 417 g/mol. The van der Waals surface area contributed by atoms with Gasteiger partial charge in [0.05, 0.1) is 38.8 Å². The van der Waals surface area contributed by atoms with Crippen molar-refractivity contribution < 1.29 is 28.2 Å². The summed E-state index contributed by atoms with van der Waals surface area (Å²) in [5.41, 5.74) is 1.60. The molecule has 0 saturated heterocycles. The van der Waals surface area contributed by atoms with Gasteiger partial charge in [-0.3, -0.25) is 9.59 Å². The van der Waals surface area contributed by atoms with Crippen molar-refractivity contribution in [1.82, 2.24) is 14.7 Å². The summed E-state index contributed by atoms with van der Waals surface area (Å²) >= 11 is 0. The molecule has 0 N–H and O–H groups in total. The van der Waals surface area contributed by atoms with E-state index in [0.29, 0.717) is 22.8 Å². The number of hydrogen-bond acceptors (Lipinski definition) is 6. The third-order valence-electron chi connectivity index (χ3n) is 4.94. The maximum atomic E-state index is 14.2. The van der Waals surface area contributed by atoms with Crippen LogP contribution in [0.15, 0.2) is 48.7 Å². The quantitative estimate of drug-likeness (QED) is 0.500. The molecule has 0 aliphatic carbocycles. The van der Waals surface area contributed by atoms with Crippen LogP contribution < -0.4 is 9.47 Å². The predicted octanol–water partition coefficient (Wildman–Crippen LogP) is 3.15. The van der Waals surface area contributed by atoms with Crippen LogP contribution in [0.4, 0.5) is 4.39 Å². The van der Waals surface area contributed by atoms with Gasteiger partial charge in [0.2, 0.25) is 0 Å². The minimum Gasteiger partial charge on any atom is -0.497 e. The second-order valence-corrected chi connectivity index (χ2v) is 6.97. The molecule has 0 atom stereocenters. The molecule has 0 unspecified atom stereocenters. The molecule has 9 heteroatoms. The van der Waals surface area contributed by atoms with E-state index in [1.165, 1.54) is 43.2 Å². The molecule has 1 heterocycles. The van der Waals surface area contributed by atoms with Gasteiger partial charge >= 0.3 is 5.97 Å². The number of para-hydroxylation sites is 1. The highest BCUT2D eigenvalue weighted by Gasteiger charge is 2.25. The van der Waals surface area contributed by atoms with E-state index in [1.807, 2.05) is 0 Å². The summed E-state index contributed by atoms with van der Waals surface area (Å²) in [4.78, 5) is 26.7. The summed E-state index contributed by atoms with van der Waals surface area (Å²) in [6.07, 6.45) is 1.36. The van der Waals surface area contributed by atoms with Crippen LogP contribution in [0.5, 0.6) is 11.5 Å². The van der Waals surface area contributed by atoms with Crippen molar-refractivity contribution in [2.75, 3.05) is 27.9 Å². The van der Waals surface area contributed by atoms with Crippen molar-refractivity contribution in [3.8, 4) is 17.2 Å². The molecule has 3 aromatic rings. The average Bonchev–Trinajstić information content (AvgIpc) is 3.18. The van der Waals surface area contributed by atoms with Gasteiger partial charge in [-0.1, -0.05) is 12.1 Å². The Balaban J connectivity index is 1.96. The first-order chi connectivity index (χ1) is 15.4. The van der Waals surface area contributed by atoms with Crippen LogP contribution in [0.3, 0.4) is 0 Å². The van der Waals surface area contributed by atoms with Gasteiger partial charge in [-0.15, -0.1) is 0 Å². The Kier molecular flexibility index (Phi) is 7.09. The van der Waals surface area contributed by atoms with Crippen molar-refractivity contribution in [3.63, 3.8) is 0 Å². The van der Waals surface area contributed by atoms with Crippen LogP contribution in [-0.2, 0) is 16.1 Å². The number of nitrogens with zero attached hydrogens (tertiary/aromatic N) is 3. The summed E-state index contributed by atoms with van der Waals surface area (Å²) in [7, 11) is 4.30. The second-order valence-electron chi connectivity index (χ2n) is 6.97. The number of hydrogen-bond donors (Lipinski definition) is 0. The summed E-state index contributed by atoms with van der Waals surface area (Å²) in [5, 5.41) is 4.18. The number of benzene rings is 2. The van der Waals surface area contributed by atoms with E-state index in [4.69, 9.17) is 14.2 Å². The fourth-order valence-corrected chi connectivity index (χ4v) is 3.25. The first kappa shape index (κ1) is 22.8. The maximum Gasteiger partial charge on any atom is 0.325 e. The van der Waals surface area contributed by atoms with Crippen LogP contribution in [0.2, 0.25) is 0 Å². The van der Waals surface area contributed by atoms with E-state index < -0.39 is 17.7 Å². The highest BCUT2D eigenvalue weighted by molar-refractivity contribution is 5.96. The highest BCUT2D eigenvalue weighted by atomic mass is 19.1. The van der Waals surface area contributed by atoms with Crippen molar-refractivity contribution in [2.45, 2.75) is 13.5 Å². The van der Waals surface area contributed by atoms with Gasteiger partial charge in [0.1, 0.15) is 29.5 Å². The molecule has 0 saturated carbocycles. The van der Waals surface area contributed by atoms with Crippen molar-refractivity contribution in [2.24, 2.45) is 0 Å². The minimum atomic E-state index is -0.577. The molecule has 1 amide bonds. The molecule has 32 heavy (non-hydrogen) atoms. The van der Waals surface area contributed by atoms with E-state index in [9.17, 15) is 14.0 Å². The smallest absolute Gasteiger partial charge is 0.325 e. The first-order valence-electron chi connectivity index (χ1n) is 9.75. The van der Waals surface area contributed by atoms with E-state index >= 15 is 0 Å². The van der Waals surface area contributed by atoms with E-state index in [0.717, 1.165) is 0 Å². The number of carbonyl (C=O) groups is 2. The van der Waals surface area contributed by atoms with Crippen molar-refractivity contribution in [3.05, 3.63) is 71.3 Å². The van der Waals surface area contributed by atoms with E-state index in [-0.39, 0.29) is 24.3 Å². The van der Waals surface area contributed by atoms with Gasteiger partial charge < -0.3 is 19.1 Å². The maximum absolute atomic E-state index is 14.2. The van der Waals surface area contributed by atoms with Crippen LogP contribution in [0.1, 0.15) is 21.6 Å². The van der Waals surface area contributed by atoms with Crippen LogP contribution in [-0.4, -0.2) is 54.4 Å². The van der Waals surface area contributed by atoms with Gasteiger partial charge in [-0.05, 0) is 36.8 Å². The number of carbonyl (C=O) groups excluding carboxylic acids is 2. The predicted molar refractivity (Wildman–Crippen MR) is 115 cm³/mol. The Labute approximate surface area is 185 Å². The lowest BCUT2D eigenvalue weighted by molar-refractivity contribution is -0.141. The lowest BCUT2D eigenvalue weighted by Gasteiger charge is -2.22. The Morgan fingerprint density at radius 2 is 1.72 bits per heavy atom. The van der Waals surface area contributed by atoms with Crippen LogP contribution in [0.25, 0.3) is 5.69 Å². The molecule has 2 aromatic carbocycles. The third-order valence-corrected chi connectivity index (χ3v) is 4.94. The summed E-state index contributed by atoms with van der Waals surface area (Å²) in [6, 6.07) is 11.3. The van der Waals surface area contributed by atoms with E-state index in [2.05, 4.69) is 5.10 Å². The lowest BCUT2D eigenvalue weighted by atomic mass is 10.1. The lowest BCUT2D eigenvalue weighted by Crippen LogP contribution is -2.36. The van der Waals surface area contributed by atoms with Gasteiger partial charge in [0.25, 0.3) is 5.91 Å². The Hall–Kier alpha value is -3.88. The zero-order valence-corrected chi connectivity index (χ0v) is 18.3. The monoisotopic (exact) mass is 441 g/mol. The molecule has 3 rings (SSSR count). The van der Waals surface area contributed by atoms with Gasteiger partial charge in [0, 0.05) is 12.6 Å². The molecule has 0 aliphatic heterocycles. The highest BCUT2D eigenvalue weighted by Crippen LogP contribution is 2.25. The third kappa shape index (κ3) is 4.88. The molecule has 8 nitrogen and oxygen atoms in total. The Morgan fingerprint density at radius 1 is 1.06 bits per heavy atom. The number of rotatable bonds is 8. The first-order valence-corrected chi connectivity index (χ1v) is 9.75. The molecular formula is C23H24FN3O5. The van der Waals surface area contributed by atoms with Gasteiger partial charge in [-0.25, -0.2) is 9.07 Å². The number of halogens is 1. The standard InChI is InChI=1S/C23H24FN3O5/c1-15-19(12-25-27(15)21-8-6-5-7-20(21)24)23(29)26(14-22(28)32-4)13-16-9-17(30-2)11-18(10-16)31-3/h5-12H,13-14H2,1-4H3. The number of esters is 1. The molecule has 168 valence electrons.